The van der Waals surface area contributed by atoms with E-state index in [1.54, 1.807) is 19.9 Å². The third-order valence-electron chi connectivity index (χ3n) is 4.58. The van der Waals surface area contributed by atoms with Crippen molar-refractivity contribution >= 4 is 34.1 Å². The van der Waals surface area contributed by atoms with Crippen molar-refractivity contribution in [2.75, 3.05) is 11.9 Å². The van der Waals surface area contributed by atoms with Crippen molar-refractivity contribution in [2.24, 2.45) is 5.92 Å². The molecule has 2 amide bonds. The fourth-order valence-corrected chi connectivity index (χ4v) is 4.37. The molecule has 0 radical (unpaired) electrons. The quantitative estimate of drug-likeness (QED) is 0.671. The molecule has 0 fully saturated rings. The zero-order chi connectivity index (χ0) is 21.0. The smallest absolute Gasteiger partial charge is 0.329 e. The lowest BCUT2D eigenvalue weighted by Gasteiger charge is -2.20. The Kier molecular flexibility index (Phi) is 6.34. The second-order valence-electron chi connectivity index (χ2n) is 7.00. The molecule has 2 heterocycles. The number of thiophene rings is 1. The number of nitrogens with zero attached hydrogens (tertiary/aromatic N) is 1. The van der Waals surface area contributed by atoms with E-state index in [9.17, 15) is 19.6 Å². The number of ether oxygens (including phenoxy) is 1. The van der Waals surface area contributed by atoms with E-state index in [1.165, 1.54) is 23.7 Å². The Bertz CT molecular complexity index is 956. The van der Waals surface area contributed by atoms with E-state index in [0.717, 1.165) is 29.7 Å². The van der Waals surface area contributed by atoms with E-state index in [0.29, 0.717) is 10.6 Å². The van der Waals surface area contributed by atoms with Crippen molar-refractivity contribution in [3.63, 3.8) is 0 Å². The number of carbonyl (C=O) groups is 3. The number of rotatable bonds is 7. The van der Waals surface area contributed by atoms with Crippen LogP contribution in [0.1, 0.15) is 46.8 Å². The van der Waals surface area contributed by atoms with Crippen LogP contribution in [0.25, 0.3) is 0 Å². The predicted molar refractivity (Wildman–Crippen MR) is 105 cm³/mol. The van der Waals surface area contributed by atoms with Crippen LogP contribution in [0.15, 0.2) is 22.8 Å². The maximum atomic E-state index is 12.4. The average molecular weight is 415 g/mol. The van der Waals surface area contributed by atoms with E-state index in [1.807, 2.05) is 0 Å². The summed E-state index contributed by atoms with van der Waals surface area (Å²) in [5.41, 5.74) is 1.50. The van der Waals surface area contributed by atoms with Gasteiger partial charge in [0.15, 0.2) is 12.4 Å². The summed E-state index contributed by atoms with van der Waals surface area (Å²) in [4.78, 5) is 37.8. The zero-order valence-electron chi connectivity index (χ0n) is 16.1. The van der Waals surface area contributed by atoms with Crippen LogP contribution in [0.5, 0.6) is 0 Å². The van der Waals surface area contributed by atoms with Crippen molar-refractivity contribution in [2.45, 2.75) is 39.2 Å². The van der Waals surface area contributed by atoms with E-state index >= 15 is 0 Å². The first-order valence-electron chi connectivity index (χ1n) is 9.26. The summed E-state index contributed by atoms with van der Waals surface area (Å²) in [6.45, 7) is 2.99. The van der Waals surface area contributed by atoms with Crippen molar-refractivity contribution in [1.29, 1.82) is 5.26 Å². The second kappa shape index (κ2) is 8.92. The van der Waals surface area contributed by atoms with Crippen LogP contribution in [-0.4, -0.2) is 30.4 Å². The lowest BCUT2D eigenvalue weighted by molar-refractivity contribution is -0.150. The molecule has 0 aromatic carbocycles. The maximum Gasteiger partial charge on any atom is 0.329 e. The number of esters is 1. The Morgan fingerprint density at radius 2 is 2.14 bits per heavy atom. The molecule has 0 bridgehead atoms. The Balaban J connectivity index is 1.56. The molecule has 0 spiro atoms. The molecule has 1 aliphatic carbocycles. The van der Waals surface area contributed by atoms with Gasteiger partial charge in [-0.25, -0.2) is 4.79 Å². The lowest BCUT2D eigenvalue weighted by atomic mass is 10.0. The molecule has 0 aliphatic heterocycles. The molecule has 9 heteroatoms. The van der Waals surface area contributed by atoms with Gasteiger partial charge in [-0.1, -0.05) is 13.8 Å². The molecular weight excluding hydrogens is 394 g/mol. The average Bonchev–Trinajstić information content (AvgIpc) is 3.41. The largest absolute Gasteiger partial charge is 0.459 e. The van der Waals surface area contributed by atoms with Gasteiger partial charge in [0.2, 0.25) is 0 Å². The van der Waals surface area contributed by atoms with Gasteiger partial charge in [0.1, 0.15) is 17.1 Å². The van der Waals surface area contributed by atoms with E-state index in [2.05, 4.69) is 16.7 Å². The Hall–Kier alpha value is -3.12. The highest BCUT2D eigenvalue weighted by Gasteiger charge is 2.28. The summed E-state index contributed by atoms with van der Waals surface area (Å²) in [7, 11) is 0. The van der Waals surface area contributed by atoms with E-state index in [-0.39, 0.29) is 11.7 Å². The van der Waals surface area contributed by atoms with Crippen LogP contribution in [0.4, 0.5) is 5.00 Å². The van der Waals surface area contributed by atoms with Gasteiger partial charge >= 0.3 is 5.97 Å². The Labute approximate surface area is 171 Å². The predicted octanol–water partition coefficient (Wildman–Crippen LogP) is 2.64. The minimum atomic E-state index is -0.930. The number of aryl methyl sites for hydroxylation is 1. The zero-order valence-corrected chi connectivity index (χ0v) is 16.9. The number of amides is 2. The summed E-state index contributed by atoms with van der Waals surface area (Å²) in [6.07, 6.45) is 4.12. The number of nitrogens with one attached hydrogen (secondary N) is 2. The van der Waals surface area contributed by atoms with Gasteiger partial charge in [0, 0.05) is 4.88 Å². The Morgan fingerprint density at radius 3 is 2.79 bits per heavy atom. The molecule has 0 saturated carbocycles. The van der Waals surface area contributed by atoms with Gasteiger partial charge < -0.3 is 19.8 Å². The SMILES string of the molecule is CC(C)[C@H](NC(=O)c1ccco1)C(=O)OCC(=O)Nc1sc2c(c1C#N)CCC2. The van der Waals surface area contributed by atoms with Gasteiger partial charge in [-0.3, -0.25) is 9.59 Å². The second-order valence-corrected chi connectivity index (χ2v) is 8.11. The first-order valence-corrected chi connectivity index (χ1v) is 10.1. The van der Waals surface area contributed by atoms with Gasteiger partial charge in [-0.05, 0) is 42.9 Å². The third-order valence-corrected chi connectivity index (χ3v) is 5.79. The molecule has 0 saturated heterocycles. The van der Waals surface area contributed by atoms with E-state index < -0.39 is 30.4 Å². The van der Waals surface area contributed by atoms with Crippen LogP contribution in [-0.2, 0) is 27.2 Å². The van der Waals surface area contributed by atoms with E-state index in [4.69, 9.17) is 9.15 Å². The highest BCUT2D eigenvalue weighted by Crippen LogP contribution is 2.38. The first kappa shape index (κ1) is 20.6. The highest BCUT2D eigenvalue weighted by molar-refractivity contribution is 7.16. The number of hydrogen-bond acceptors (Lipinski definition) is 7. The number of anilines is 1. The van der Waals surface area contributed by atoms with Crippen LogP contribution in [0.3, 0.4) is 0 Å². The van der Waals surface area contributed by atoms with Crippen LogP contribution >= 0.6 is 11.3 Å². The number of carbonyl (C=O) groups excluding carboxylic acids is 3. The number of nitriles is 1. The molecule has 0 unspecified atom stereocenters. The summed E-state index contributed by atoms with van der Waals surface area (Å²) in [6, 6.07) is 4.27. The van der Waals surface area contributed by atoms with Crippen molar-refractivity contribution in [3.8, 4) is 6.07 Å². The topological polar surface area (TPSA) is 121 Å². The van der Waals surface area contributed by atoms with Crippen LogP contribution < -0.4 is 10.6 Å². The first-order chi connectivity index (χ1) is 13.9. The summed E-state index contributed by atoms with van der Waals surface area (Å²) < 4.78 is 10.1. The van der Waals surface area contributed by atoms with Gasteiger partial charge in [0.05, 0.1) is 11.8 Å². The normalized spacial score (nSPS) is 13.4. The fraction of sp³-hybridized carbons (Fsp3) is 0.400. The minimum absolute atomic E-state index is 0.0796. The minimum Gasteiger partial charge on any atom is -0.459 e. The molecule has 2 N–H and O–H groups in total. The molecule has 2 aromatic rings. The molecule has 1 aliphatic rings. The molecule has 29 heavy (non-hydrogen) atoms. The summed E-state index contributed by atoms with van der Waals surface area (Å²) >= 11 is 1.39. The molecule has 3 rings (SSSR count). The van der Waals surface area contributed by atoms with Crippen molar-refractivity contribution < 1.29 is 23.5 Å². The monoisotopic (exact) mass is 415 g/mol. The Morgan fingerprint density at radius 1 is 1.34 bits per heavy atom. The maximum absolute atomic E-state index is 12.4. The molecule has 1 atom stereocenters. The van der Waals surface area contributed by atoms with Gasteiger partial charge in [-0.2, -0.15) is 5.26 Å². The van der Waals surface area contributed by atoms with Crippen LogP contribution in [0.2, 0.25) is 0 Å². The van der Waals surface area contributed by atoms with Gasteiger partial charge in [0.25, 0.3) is 11.8 Å². The van der Waals surface area contributed by atoms with Crippen molar-refractivity contribution in [3.05, 3.63) is 40.2 Å². The summed E-state index contributed by atoms with van der Waals surface area (Å²) in [5.74, 6) is -1.97. The molecular formula is C20H21N3O5S. The number of furan rings is 1. The van der Waals surface area contributed by atoms with Gasteiger partial charge in [-0.15, -0.1) is 11.3 Å². The lowest BCUT2D eigenvalue weighted by Crippen LogP contribution is -2.45. The van der Waals surface area contributed by atoms with Crippen molar-refractivity contribution in [1.82, 2.24) is 5.32 Å². The standard InChI is InChI=1S/C20H21N3O5S/c1-11(2)17(23-18(25)14-6-4-8-27-14)20(26)28-10-16(24)22-19-13(9-21)12-5-3-7-15(12)29-19/h4,6,8,11,17H,3,5,7,10H2,1-2H3,(H,22,24)(H,23,25)/t17-/m0/s1. The molecule has 8 nitrogen and oxygen atoms in total. The third kappa shape index (κ3) is 4.66. The highest BCUT2D eigenvalue weighted by atomic mass is 32.1. The summed E-state index contributed by atoms with van der Waals surface area (Å²) in [5, 5.41) is 15.1. The molecule has 152 valence electrons. The number of hydrogen-bond donors (Lipinski definition) is 2. The fourth-order valence-electron chi connectivity index (χ4n) is 3.12. The number of fused-ring (bicyclic) bond motifs is 1. The van der Waals surface area contributed by atoms with Crippen LogP contribution in [0, 0.1) is 17.2 Å². The molecule has 2 aromatic heterocycles.